The molecule has 0 spiro atoms. The van der Waals surface area contributed by atoms with Crippen molar-refractivity contribution in [2.24, 2.45) is 5.92 Å². The Bertz CT molecular complexity index is 290. The standard InChI is InChI=1S/C12H16O2/c1-10-4-2-3-5-12(10)14-9-11-6-7-13-8-11/h2-5,11H,6-9H2,1H3. The molecule has 1 aliphatic rings. The molecule has 0 bridgehead atoms. The molecule has 1 unspecified atom stereocenters. The van der Waals surface area contributed by atoms with E-state index < -0.39 is 0 Å². The Balaban J connectivity index is 1.88. The predicted octanol–water partition coefficient (Wildman–Crippen LogP) is 2.41. The Hall–Kier alpha value is -1.02. The molecule has 0 amide bonds. The third kappa shape index (κ3) is 2.26. The monoisotopic (exact) mass is 192 g/mol. The fourth-order valence-electron chi connectivity index (χ4n) is 1.64. The van der Waals surface area contributed by atoms with Gasteiger partial charge in [-0.05, 0) is 25.0 Å². The highest BCUT2D eigenvalue weighted by molar-refractivity contribution is 5.31. The average molecular weight is 192 g/mol. The van der Waals surface area contributed by atoms with Crippen LogP contribution in [0.15, 0.2) is 24.3 Å². The quantitative estimate of drug-likeness (QED) is 0.732. The number of para-hydroxylation sites is 1. The van der Waals surface area contributed by atoms with Crippen LogP contribution in [0.4, 0.5) is 0 Å². The third-order valence-corrected chi connectivity index (χ3v) is 2.59. The maximum atomic E-state index is 5.74. The van der Waals surface area contributed by atoms with Gasteiger partial charge in [0, 0.05) is 12.5 Å². The van der Waals surface area contributed by atoms with E-state index in [9.17, 15) is 0 Å². The molecule has 1 aromatic carbocycles. The zero-order valence-corrected chi connectivity index (χ0v) is 8.53. The van der Waals surface area contributed by atoms with E-state index in [0.717, 1.165) is 32.0 Å². The molecule has 14 heavy (non-hydrogen) atoms. The van der Waals surface area contributed by atoms with Crippen LogP contribution in [0.1, 0.15) is 12.0 Å². The summed E-state index contributed by atoms with van der Waals surface area (Å²) in [5.41, 5.74) is 1.20. The van der Waals surface area contributed by atoms with Crippen molar-refractivity contribution in [3.8, 4) is 5.75 Å². The average Bonchev–Trinajstić information content (AvgIpc) is 2.69. The molecule has 0 aromatic heterocycles. The summed E-state index contributed by atoms with van der Waals surface area (Å²) in [4.78, 5) is 0. The predicted molar refractivity (Wildman–Crippen MR) is 55.6 cm³/mol. The molecule has 1 fully saturated rings. The van der Waals surface area contributed by atoms with Crippen LogP contribution in [0.3, 0.4) is 0 Å². The SMILES string of the molecule is Cc1ccccc1OCC1CCOC1. The largest absolute Gasteiger partial charge is 0.493 e. The maximum absolute atomic E-state index is 5.74. The zero-order chi connectivity index (χ0) is 9.80. The van der Waals surface area contributed by atoms with Gasteiger partial charge in [0.05, 0.1) is 13.2 Å². The Morgan fingerprint density at radius 1 is 1.43 bits per heavy atom. The second-order valence-corrected chi connectivity index (χ2v) is 3.81. The minimum atomic E-state index is 0.578. The first-order valence-electron chi connectivity index (χ1n) is 5.12. The van der Waals surface area contributed by atoms with E-state index in [4.69, 9.17) is 9.47 Å². The molecular formula is C12H16O2. The number of hydrogen-bond donors (Lipinski definition) is 0. The molecule has 2 heteroatoms. The first-order valence-corrected chi connectivity index (χ1v) is 5.12. The van der Waals surface area contributed by atoms with Gasteiger partial charge >= 0.3 is 0 Å². The lowest BCUT2D eigenvalue weighted by Crippen LogP contribution is -2.11. The molecule has 1 aromatic rings. The zero-order valence-electron chi connectivity index (χ0n) is 8.53. The van der Waals surface area contributed by atoms with E-state index in [2.05, 4.69) is 13.0 Å². The van der Waals surface area contributed by atoms with Crippen LogP contribution in [-0.2, 0) is 4.74 Å². The number of hydrogen-bond acceptors (Lipinski definition) is 2. The molecule has 1 saturated heterocycles. The van der Waals surface area contributed by atoms with Crippen LogP contribution in [-0.4, -0.2) is 19.8 Å². The number of rotatable bonds is 3. The van der Waals surface area contributed by atoms with Crippen molar-refractivity contribution in [2.75, 3.05) is 19.8 Å². The van der Waals surface area contributed by atoms with E-state index >= 15 is 0 Å². The summed E-state index contributed by atoms with van der Waals surface area (Å²) >= 11 is 0. The number of aryl methyl sites for hydroxylation is 1. The minimum Gasteiger partial charge on any atom is -0.493 e. The van der Waals surface area contributed by atoms with E-state index in [1.54, 1.807) is 0 Å². The Kier molecular flexibility index (Phi) is 3.04. The van der Waals surface area contributed by atoms with Crippen LogP contribution < -0.4 is 4.74 Å². The highest BCUT2D eigenvalue weighted by Crippen LogP contribution is 2.19. The Morgan fingerprint density at radius 3 is 3.00 bits per heavy atom. The van der Waals surface area contributed by atoms with Crippen LogP contribution in [0, 0.1) is 12.8 Å². The summed E-state index contributed by atoms with van der Waals surface area (Å²) in [6, 6.07) is 8.12. The van der Waals surface area contributed by atoms with Crippen molar-refractivity contribution >= 4 is 0 Å². The second-order valence-electron chi connectivity index (χ2n) is 3.81. The normalized spacial score (nSPS) is 21.1. The lowest BCUT2D eigenvalue weighted by atomic mass is 10.1. The topological polar surface area (TPSA) is 18.5 Å². The summed E-state index contributed by atoms with van der Waals surface area (Å²) in [5, 5.41) is 0. The summed E-state index contributed by atoms with van der Waals surface area (Å²) in [6.45, 7) is 4.60. The van der Waals surface area contributed by atoms with Gasteiger partial charge < -0.3 is 9.47 Å². The smallest absolute Gasteiger partial charge is 0.122 e. The van der Waals surface area contributed by atoms with Gasteiger partial charge in [0.2, 0.25) is 0 Å². The van der Waals surface area contributed by atoms with Crippen LogP contribution in [0.25, 0.3) is 0 Å². The molecule has 2 nitrogen and oxygen atoms in total. The van der Waals surface area contributed by atoms with Gasteiger partial charge in [-0.15, -0.1) is 0 Å². The van der Waals surface area contributed by atoms with Crippen LogP contribution in [0.2, 0.25) is 0 Å². The van der Waals surface area contributed by atoms with E-state index in [1.165, 1.54) is 5.56 Å². The third-order valence-electron chi connectivity index (χ3n) is 2.59. The molecule has 1 aliphatic heterocycles. The van der Waals surface area contributed by atoms with Gasteiger partial charge in [0.25, 0.3) is 0 Å². The lowest BCUT2D eigenvalue weighted by Gasteiger charge is -2.11. The molecule has 1 heterocycles. The van der Waals surface area contributed by atoms with E-state index in [1.807, 2.05) is 18.2 Å². The highest BCUT2D eigenvalue weighted by atomic mass is 16.5. The van der Waals surface area contributed by atoms with Gasteiger partial charge in [0.15, 0.2) is 0 Å². The van der Waals surface area contributed by atoms with E-state index in [0.29, 0.717) is 5.92 Å². The summed E-state index contributed by atoms with van der Waals surface area (Å²) in [7, 11) is 0. The van der Waals surface area contributed by atoms with Gasteiger partial charge in [-0.25, -0.2) is 0 Å². The second kappa shape index (κ2) is 4.47. The van der Waals surface area contributed by atoms with Gasteiger partial charge in [0.1, 0.15) is 5.75 Å². The number of benzene rings is 1. The van der Waals surface area contributed by atoms with Gasteiger partial charge in [-0.2, -0.15) is 0 Å². The van der Waals surface area contributed by atoms with Crippen LogP contribution >= 0.6 is 0 Å². The molecular weight excluding hydrogens is 176 g/mol. The van der Waals surface area contributed by atoms with Crippen molar-refractivity contribution in [3.63, 3.8) is 0 Å². The Morgan fingerprint density at radius 2 is 2.29 bits per heavy atom. The first-order chi connectivity index (χ1) is 6.86. The highest BCUT2D eigenvalue weighted by Gasteiger charge is 2.16. The van der Waals surface area contributed by atoms with Crippen molar-refractivity contribution in [1.82, 2.24) is 0 Å². The van der Waals surface area contributed by atoms with Crippen molar-refractivity contribution in [1.29, 1.82) is 0 Å². The maximum Gasteiger partial charge on any atom is 0.122 e. The van der Waals surface area contributed by atoms with Gasteiger partial charge in [-0.1, -0.05) is 18.2 Å². The van der Waals surface area contributed by atoms with Gasteiger partial charge in [-0.3, -0.25) is 0 Å². The molecule has 1 atom stereocenters. The number of ether oxygens (including phenoxy) is 2. The molecule has 76 valence electrons. The van der Waals surface area contributed by atoms with Crippen molar-refractivity contribution in [2.45, 2.75) is 13.3 Å². The molecule has 0 N–H and O–H groups in total. The lowest BCUT2D eigenvalue weighted by molar-refractivity contribution is 0.167. The van der Waals surface area contributed by atoms with Crippen molar-refractivity contribution in [3.05, 3.63) is 29.8 Å². The van der Waals surface area contributed by atoms with Crippen molar-refractivity contribution < 1.29 is 9.47 Å². The minimum absolute atomic E-state index is 0.578. The van der Waals surface area contributed by atoms with Crippen LogP contribution in [0.5, 0.6) is 5.75 Å². The summed E-state index contributed by atoms with van der Waals surface area (Å²) < 4.78 is 11.0. The fourth-order valence-corrected chi connectivity index (χ4v) is 1.64. The molecule has 2 rings (SSSR count). The summed E-state index contributed by atoms with van der Waals surface area (Å²) in [5.74, 6) is 1.58. The fraction of sp³-hybridized carbons (Fsp3) is 0.500. The van der Waals surface area contributed by atoms with E-state index in [-0.39, 0.29) is 0 Å². The molecule has 0 saturated carbocycles. The summed E-state index contributed by atoms with van der Waals surface area (Å²) in [6.07, 6.45) is 1.13. The molecule has 0 radical (unpaired) electrons. The Labute approximate surface area is 84.8 Å². The molecule has 0 aliphatic carbocycles. The first kappa shape index (κ1) is 9.53.